The SMILES string of the molecule is Cc1ccc(N(C(=O)[O-])C(C)(C)C)cc1[N+](=O)[O-]. The summed E-state index contributed by atoms with van der Waals surface area (Å²) in [6.45, 7) is 6.67. The molecule has 0 spiro atoms. The van der Waals surface area contributed by atoms with Crippen LogP contribution < -0.4 is 10.0 Å². The molecule has 0 aromatic heterocycles. The van der Waals surface area contributed by atoms with Crippen molar-refractivity contribution in [2.75, 3.05) is 4.90 Å². The molecule has 0 heterocycles. The van der Waals surface area contributed by atoms with E-state index >= 15 is 0 Å². The minimum atomic E-state index is -1.39. The van der Waals surface area contributed by atoms with E-state index in [1.165, 1.54) is 18.2 Å². The average Bonchev–Trinajstić information content (AvgIpc) is 2.17. The highest BCUT2D eigenvalue weighted by atomic mass is 16.6. The number of rotatable bonds is 2. The van der Waals surface area contributed by atoms with Crippen molar-refractivity contribution >= 4 is 17.5 Å². The molecule has 6 heteroatoms. The highest BCUT2D eigenvalue weighted by molar-refractivity contribution is 5.86. The lowest BCUT2D eigenvalue weighted by Gasteiger charge is -2.37. The number of carbonyl (C=O) groups excluding carboxylic acids is 1. The lowest BCUT2D eigenvalue weighted by atomic mass is 10.0. The van der Waals surface area contributed by atoms with E-state index in [9.17, 15) is 20.0 Å². The van der Waals surface area contributed by atoms with Gasteiger partial charge in [0.1, 0.15) is 6.09 Å². The molecule has 0 N–H and O–H groups in total. The van der Waals surface area contributed by atoms with Crippen LogP contribution in [0.5, 0.6) is 0 Å². The van der Waals surface area contributed by atoms with Gasteiger partial charge in [0.25, 0.3) is 5.69 Å². The number of amides is 1. The van der Waals surface area contributed by atoms with E-state index in [0.717, 1.165) is 4.90 Å². The van der Waals surface area contributed by atoms with Gasteiger partial charge in [-0.3, -0.25) is 10.1 Å². The Labute approximate surface area is 105 Å². The van der Waals surface area contributed by atoms with Crippen LogP contribution in [0.3, 0.4) is 0 Å². The van der Waals surface area contributed by atoms with E-state index in [1.54, 1.807) is 27.7 Å². The molecular formula is C12H15N2O4-. The summed E-state index contributed by atoms with van der Waals surface area (Å²) in [5.41, 5.74) is -0.124. The number of hydrogen-bond donors (Lipinski definition) is 0. The van der Waals surface area contributed by atoms with Gasteiger partial charge in [-0.2, -0.15) is 0 Å². The average molecular weight is 251 g/mol. The summed E-state index contributed by atoms with van der Waals surface area (Å²) in [6, 6.07) is 4.30. The maximum atomic E-state index is 11.2. The second-order valence-electron chi connectivity index (χ2n) is 5.00. The van der Waals surface area contributed by atoms with E-state index in [2.05, 4.69) is 0 Å². The summed E-state index contributed by atoms with van der Waals surface area (Å²) in [4.78, 5) is 22.5. The van der Waals surface area contributed by atoms with Gasteiger partial charge in [0, 0.05) is 22.9 Å². The zero-order valence-electron chi connectivity index (χ0n) is 10.8. The van der Waals surface area contributed by atoms with Crippen LogP contribution in [0.1, 0.15) is 26.3 Å². The molecule has 0 saturated carbocycles. The lowest BCUT2D eigenvalue weighted by molar-refractivity contribution is -0.385. The second-order valence-corrected chi connectivity index (χ2v) is 5.00. The number of carbonyl (C=O) groups is 1. The van der Waals surface area contributed by atoms with E-state index in [-0.39, 0.29) is 11.4 Å². The summed E-state index contributed by atoms with van der Waals surface area (Å²) in [5.74, 6) is 0. The molecule has 0 aliphatic heterocycles. The normalized spacial score (nSPS) is 11.1. The van der Waals surface area contributed by atoms with E-state index in [4.69, 9.17) is 0 Å². The first-order valence-corrected chi connectivity index (χ1v) is 5.41. The Kier molecular flexibility index (Phi) is 3.59. The summed E-state index contributed by atoms with van der Waals surface area (Å²) in [7, 11) is 0. The molecule has 0 unspecified atom stereocenters. The van der Waals surface area contributed by atoms with E-state index < -0.39 is 16.6 Å². The third kappa shape index (κ3) is 2.77. The van der Waals surface area contributed by atoms with Gasteiger partial charge in [-0.05, 0) is 33.8 Å². The topological polar surface area (TPSA) is 86.5 Å². The Morgan fingerprint density at radius 1 is 1.33 bits per heavy atom. The van der Waals surface area contributed by atoms with Crippen molar-refractivity contribution in [2.24, 2.45) is 0 Å². The van der Waals surface area contributed by atoms with Gasteiger partial charge >= 0.3 is 0 Å². The van der Waals surface area contributed by atoms with Gasteiger partial charge in [0.05, 0.1) is 4.92 Å². The number of nitrogens with zero attached hydrogens (tertiary/aromatic N) is 2. The second kappa shape index (κ2) is 4.64. The predicted octanol–water partition coefficient (Wildman–Crippen LogP) is 1.85. The summed E-state index contributed by atoms with van der Waals surface area (Å²) in [5, 5.41) is 22.0. The molecule has 1 aromatic rings. The lowest BCUT2D eigenvalue weighted by Crippen LogP contribution is -2.52. The minimum absolute atomic E-state index is 0.108. The van der Waals surface area contributed by atoms with Crippen LogP contribution >= 0.6 is 0 Å². The maximum Gasteiger partial charge on any atom is 0.274 e. The zero-order chi connectivity index (χ0) is 14.1. The van der Waals surface area contributed by atoms with Crippen molar-refractivity contribution in [3.05, 3.63) is 33.9 Å². The van der Waals surface area contributed by atoms with Gasteiger partial charge in [-0.1, -0.05) is 6.07 Å². The third-order valence-electron chi connectivity index (χ3n) is 2.50. The Balaban J connectivity index is 3.35. The largest absolute Gasteiger partial charge is 0.530 e. The molecule has 0 atom stereocenters. The number of anilines is 1. The van der Waals surface area contributed by atoms with Crippen LogP contribution in [0.2, 0.25) is 0 Å². The molecule has 98 valence electrons. The summed E-state index contributed by atoms with van der Waals surface area (Å²) >= 11 is 0. The van der Waals surface area contributed by atoms with Crippen molar-refractivity contribution in [1.82, 2.24) is 0 Å². The quantitative estimate of drug-likeness (QED) is 0.592. The highest BCUT2D eigenvalue weighted by Gasteiger charge is 2.25. The van der Waals surface area contributed by atoms with Crippen LogP contribution in [0.15, 0.2) is 18.2 Å². The Morgan fingerprint density at radius 3 is 2.28 bits per heavy atom. The van der Waals surface area contributed by atoms with E-state index in [0.29, 0.717) is 5.56 Å². The van der Waals surface area contributed by atoms with E-state index in [1.807, 2.05) is 0 Å². The summed E-state index contributed by atoms with van der Waals surface area (Å²) < 4.78 is 0. The van der Waals surface area contributed by atoms with Gasteiger partial charge < -0.3 is 14.8 Å². The monoisotopic (exact) mass is 251 g/mol. The van der Waals surface area contributed by atoms with Crippen LogP contribution in [0.4, 0.5) is 16.2 Å². The van der Waals surface area contributed by atoms with Crippen LogP contribution in [-0.2, 0) is 0 Å². The molecule has 1 rings (SSSR count). The maximum absolute atomic E-state index is 11.2. The number of benzene rings is 1. The Hall–Kier alpha value is -2.11. The number of aryl methyl sites for hydroxylation is 1. The third-order valence-corrected chi connectivity index (χ3v) is 2.50. The Bertz CT molecular complexity index is 491. The van der Waals surface area contributed by atoms with Crippen molar-refractivity contribution < 1.29 is 14.8 Å². The van der Waals surface area contributed by atoms with Crippen LogP contribution in [0.25, 0.3) is 0 Å². The van der Waals surface area contributed by atoms with Crippen molar-refractivity contribution in [3.63, 3.8) is 0 Å². The predicted molar refractivity (Wildman–Crippen MR) is 65.5 cm³/mol. The molecule has 1 amide bonds. The highest BCUT2D eigenvalue weighted by Crippen LogP contribution is 2.29. The van der Waals surface area contributed by atoms with Crippen LogP contribution in [0, 0.1) is 17.0 Å². The smallest absolute Gasteiger partial charge is 0.274 e. The molecule has 0 aliphatic carbocycles. The van der Waals surface area contributed by atoms with Crippen molar-refractivity contribution in [2.45, 2.75) is 33.2 Å². The summed E-state index contributed by atoms with van der Waals surface area (Å²) in [6.07, 6.45) is -1.39. The fourth-order valence-electron chi connectivity index (χ4n) is 1.70. The molecular weight excluding hydrogens is 236 g/mol. The fraction of sp³-hybridized carbons (Fsp3) is 0.417. The molecule has 0 saturated heterocycles. The number of nitro groups is 1. The van der Waals surface area contributed by atoms with Crippen molar-refractivity contribution in [3.8, 4) is 0 Å². The molecule has 0 bridgehead atoms. The molecule has 18 heavy (non-hydrogen) atoms. The Morgan fingerprint density at radius 2 is 1.89 bits per heavy atom. The molecule has 0 aliphatic rings. The van der Waals surface area contributed by atoms with Gasteiger partial charge in [0.2, 0.25) is 0 Å². The van der Waals surface area contributed by atoms with Crippen LogP contribution in [-0.4, -0.2) is 16.6 Å². The number of nitro benzene ring substituents is 1. The molecule has 1 aromatic carbocycles. The van der Waals surface area contributed by atoms with Gasteiger partial charge in [-0.25, -0.2) is 0 Å². The van der Waals surface area contributed by atoms with Crippen molar-refractivity contribution in [1.29, 1.82) is 0 Å². The molecule has 0 radical (unpaired) electrons. The number of hydrogen-bond acceptors (Lipinski definition) is 4. The minimum Gasteiger partial charge on any atom is -0.530 e. The molecule has 6 nitrogen and oxygen atoms in total. The first-order valence-electron chi connectivity index (χ1n) is 5.41. The van der Waals surface area contributed by atoms with Gasteiger partial charge in [0.15, 0.2) is 0 Å². The fourth-order valence-corrected chi connectivity index (χ4v) is 1.70. The zero-order valence-corrected chi connectivity index (χ0v) is 10.8. The molecule has 0 fully saturated rings. The van der Waals surface area contributed by atoms with Gasteiger partial charge in [-0.15, -0.1) is 0 Å². The first kappa shape index (κ1) is 14.0. The number of carboxylic acid groups (broad SMARTS) is 1. The first-order chi connectivity index (χ1) is 8.14. The standard InChI is InChI=1S/C12H16N2O4/c1-8-5-6-9(7-10(8)14(17)18)13(11(15)16)12(2,3)4/h5-7H,1-4H3,(H,15,16)/p-1.